The predicted molar refractivity (Wildman–Crippen MR) is 122 cm³/mol. The van der Waals surface area contributed by atoms with Gasteiger partial charge >= 0.3 is 0 Å². The number of carbonyl (C=O) groups is 1. The van der Waals surface area contributed by atoms with Crippen molar-refractivity contribution in [1.82, 2.24) is 15.5 Å². The first-order chi connectivity index (χ1) is 14.4. The fraction of sp³-hybridized carbons (Fsp3) is 0.652. The summed E-state index contributed by atoms with van der Waals surface area (Å²) >= 11 is 6.29. The number of halogens is 1. The van der Waals surface area contributed by atoms with Crippen molar-refractivity contribution in [2.24, 2.45) is 10.9 Å². The number of benzene rings is 1. The fourth-order valence-corrected chi connectivity index (χ4v) is 4.50. The van der Waals surface area contributed by atoms with E-state index in [4.69, 9.17) is 21.3 Å². The smallest absolute Gasteiger partial charge is 0.225 e. The molecule has 2 heterocycles. The predicted octanol–water partition coefficient (Wildman–Crippen LogP) is 3.20. The lowest BCUT2D eigenvalue weighted by molar-refractivity contribution is -0.133. The zero-order chi connectivity index (χ0) is 21.6. The number of likely N-dealkylation sites (tertiary alicyclic amines) is 1. The minimum Gasteiger partial charge on any atom is -0.381 e. The van der Waals surface area contributed by atoms with Crippen molar-refractivity contribution in [3.8, 4) is 0 Å². The van der Waals surface area contributed by atoms with Crippen LogP contribution in [-0.2, 0) is 14.9 Å². The molecule has 1 unspecified atom stereocenters. The van der Waals surface area contributed by atoms with Gasteiger partial charge in [0.1, 0.15) is 0 Å². The minimum absolute atomic E-state index is 0.0386. The molecule has 2 N–H and O–H groups in total. The molecule has 1 atom stereocenters. The fourth-order valence-electron chi connectivity index (χ4n) is 4.31. The van der Waals surface area contributed by atoms with Crippen molar-refractivity contribution in [3.63, 3.8) is 0 Å². The molecule has 1 amide bonds. The summed E-state index contributed by atoms with van der Waals surface area (Å²) < 4.78 is 5.64. The first kappa shape index (κ1) is 22.9. The minimum atomic E-state index is -0.0686. The largest absolute Gasteiger partial charge is 0.381 e. The van der Waals surface area contributed by atoms with Crippen LogP contribution < -0.4 is 10.6 Å². The highest BCUT2D eigenvalue weighted by atomic mass is 35.5. The third kappa shape index (κ3) is 5.67. The highest BCUT2D eigenvalue weighted by Gasteiger charge is 2.35. The van der Waals surface area contributed by atoms with E-state index in [1.807, 2.05) is 30.9 Å². The Morgan fingerprint density at radius 3 is 2.80 bits per heavy atom. The molecular weight excluding hydrogens is 400 g/mol. The zero-order valence-corrected chi connectivity index (χ0v) is 19.2. The maximum atomic E-state index is 12.3. The molecule has 0 bridgehead atoms. The molecule has 2 saturated heterocycles. The Morgan fingerprint density at radius 2 is 2.13 bits per heavy atom. The van der Waals surface area contributed by atoms with Gasteiger partial charge in [0.25, 0.3) is 0 Å². The Hall–Kier alpha value is -1.79. The van der Waals surface area contributed by atoms with Crippen molar-refractivity contribution in [1.29, 1.82) is 0 Å². The number of aliphatic imine (C=N–C) groups is 1. The van der Waals surface area contributed by atoms with Crippen LogP contribution in [0.4, 0.5) is 0 Å². The molecule has 1 aromatic rings. The molecule has 6 nitrogen and oxygen atoms in total. The summed E-state index contributed by atoms with van der Waals surface area (Å²) in [5.74, 6) is 1.08. The van der Waals surface area contributed by atoms with Crippen LogP contribution in [0.15, 0.2) is 29.3 Å². The molecule has 2 aliphatic rings. The van der Waals surface area contributed by atoms with Crippen molar-refractivity contribution in [2.75, 3.05) is 39.4 Å². The molecule has 0 aliphatic carbocycles. The average Bonchev–Trinajstić information content (AvgIpc) is 3.20. The van der Waals surface area contributed by atoms with Gasteiger partial charge in [-0.15, -0.1) is 0 Å². The maximum absolute atomic E-state index is 12.3. The highest BCUT2D eigenvalue weighted by molar-refractivity contribution is 6.30. The average molecular weight is 435 g/mol. The van der Waals surface area contributed by atoms with E-state index in [0.717, 1.165) is 63.1 Å². The van der Waals surface area contributed by atoms with Crippen molar-refractivity contribution >= 4 is 23.5 Å². The molecule has 0 spiro atoms. The standard InChI is InChI=1S/C23H35ClN4O2/c1-4-25-22(27-20-8-11-28(15-20)21(29)17(2)3)26-16-23(9-12-30-13-10-23)18-6-5-7-19(24)14-18/h5-7,14,17,20H,4,8-13,15-16H2,1-3H3,(H2,25,26,27). The van der Waals surface area contributed by atoms with E-state index < -0.39 is 0 Å². The molecule has 0 aromatic heterocycles. The van der Waals surface area contributed by atoms with Crippen LogP contribution >= 0.6 is 11.6 Å². The van der Waals surface area contributed by atoms with E-state index in [9.17, 15) is 4.79 Å². The maximum Gasteiger partial charge on any atom is 0.225 e. The lowest BCUT2D eigenvalue weighted by Crippen LogP contribution is -2.46. The molecular formula is C23H35ClN4O2. The van der Waals surface area contributed by atoms with Crippen LogP contribution in [-0.4, -0.2) is 62.2 Å². The van der Waals surface area contributed by atoms with Gasteiger partial charge < -0.3 is 20.3 Å². The lowest BCUT2D eigenvalue weighted by Gasteiger charge is -2.37. The molecule has 2 aliphatic heterocycles. The molecule has 2 fully saturated rings. The van der Waals surface area contributed by atoms with Gasteiger partial charge in [-0.1, -0.05) is 37.6 Å². The van der Waals surface area contributed by atoms with Gasteiger partial charge in [0.05, 0.1) is 6.54 Å². The van der Waals surface area contributed by atoms with Gasteiger partial charge in [0.15, 0.2) is 5.96 Å². The van der Waals surface area contributed by atoms with Crippen LogP contribution in [0.2, 0.25) is 5.02 Å². The van der Waals surface area contributed by atoms with E-state index in [0.29, 0.717) is 6.54 Å². The summed E-state index contributed by atoms with van der Waals surface area (Å²) in [4.78, 5) is 19.2. The van der Waals surface area contributed by atoms with Gasteiger partial charge in [-0.25, -0.2) is 0 Å². The van der Waals surface area contributed by atoms with Gasteiger partial charge in [-0.05, 0) is 43.9 Å². The normalized spacial score (nSPS) is 21.7. The second-order valence-corrected chi connectivity index (χ2v) is 9.10. The van der Waals surface area contributed by atoms with E-state index >= 15 is 0 Å². The number of nitrogens with one attached hydrogen (secondary N) is 2. The van der Waals surface area contributed by atoms with Crippen LogP contribution in [0.5, 0.6) is 0 Å². The SMILES string of the molecule is CCNC(=NCC1(c2cccc(Cl)c2)CCOCC1)NC1CCN(C(=O)C(C)C)C1. The summed E-state index contributed by atoms with van der Waals surface area (Å²) in [6, 6.07) is 8.37. The van der Waals surface area contributed by atoms with Gasteiger partial charge in [0.2, 0.25) is 5.91 Å². The number of nitrogens with zero attached hydrogens (tertiary/aromatic N) is 2. The zero-order valence-electron chi connectivity index (χ0n) is 18.4. The Balaban J connectivity index is 1.71. The van der Waals surface area contributed by atoms with Gasteiger partial charge in [-0.2, -0.15) is 0 Å². The van der Waals surface area contributed by atoms with Crippen molar-refractivity contribution in [3.05, 3.63) is 34.9 Å². The molecule has 7 heteroatoms. The molecule has 30 heavy (non-hydrogen) atoms. The summed E-state index contributed by atoms with van der Waals surface area (Å²) in [6.45, 7) is 10.5. The monoisotopic (exact) mass is 434 g/mol. The molecule has 0 radical (unpaired) electrons. The number of hydrogen-bond donors (Lipinski definition) is 2. The number of guanidine groups is 1. The first-order valence-electron chi connectivity index (χ1n) is 11.1. The first-order valence-corrected chi connectivity index (χ1v) is 11.5. The summed E-state index contributed by atoms with van der Waals surface area (Å²) in [7, 11) is 0. The van der Waals surface area contributed by atoms with Gasteiger partial charge in [-0.3, -0.25) is 9.79 Å². The number of hydrogen-bond acceptors (Lipinski definition) is 3. The number of ether oxygens (including phenoxy) is 1. The molecule has 0 saturated carbocycles. The van der Waals surface area contributed by atoms with E-state index in [1.54, 1.807) is 0 Å². The summed E-state index contributed by atoms with van der Waals surface area (Å²) in [5, 5.41) is 7.68. The second kappa shape index (κ2) is 10.5. The third-order valence-electron chi connectivity index (χ3n) is 6.11. The lowest BCUT2D eigenvalue weighted by atomic mass is 9.74. The van der Waals surface area contributed by atoms with Crippen molar-refractivity contribution < 1.29 is 9.53 Å². The Bertz CT molecular complexity index is 746. The van der Waals surface area contributed by atoms with E-state index in [1.165, 1.54) is 5.56 Å². The Labute approximate surface area is 185 Å². The van der Waals surface area contributed by atoms with E-state index in [2.05, 4.69) is 29.7 Å². The van der Waals surface area contributed by atoms with Crippen molar-refractivity contribution in [2.45, 2.75) is 51.5 Å². The summed E-state index contributed by atoms with van der Waals surface area (Å²) in [6.07, 6.45) is 2.79. The van der Waals surface area contributed by atoms with E-state index in [-0.39, 0.29) is 23.3 Å². The van der Waals surface area contributed by atoms with Crippen LogP contribution in [0.25, 0.3) is 0 Å². The number of amides is 1. The Kier molecular flexibility index (Phi) is 8.00. The third-order valence-corrected chi connectivity index (χ3v) is 6.34. The number of carbonyl (C=O) groups excluding carboxylic acids is 1. The summed E-state index contributed by atoms with van der Waals surface area (Å²) in [5.41, 5.74) is 1.16. The van der Waals surface area contributed by atoms with Crippen LogP contribution in [0.1, 0.15) is 45.6 Å². The highest BCUT2D eigenvalue weighted by Crippen LogP contribution is 2.36. The van der Waals surface area contributed by atoms with Crippen LogP contribution in [0.3, 0.4) is 0 Å². The topological polar surface area (TPSA) is 66.0 Å². The molecule has 166 valence electrons. The number of rotatable bonds is 6. The molecule has 1 aromatic carbocycles. The Morgan fingerprint density at radius 1 is 1.37 bits per heavy atom. The van der Waals surface area contributed by atoms with Gasteiger partial charge in [0, 0.05) is 55.2 Å². The molecule has 3 rings (SSSR count). The van der Waals surface area contributed by atoms with Crippen LogP contribution in [0, 0.1) is 5.92 Å². The quantitative estimate of drug-likeness (QED) is 0.533. The second-order valence-electron chi connectivity index (χ2n) is 8.67.